The first-order valence-electron chi connectivity index (χ1n) is 7.06. The average molecular weight is 332 g/mol. The Morgan fingerprint density at radius 1 is 1.00 bits per heavy atom. The molecule has 0 aliphatic heterocycles. The summed E-state index contributed by atoms with van der Waals surface area (Å²) in [6, 6.07) is 13.1. The van der Waals surface area contributed by atoms with Crippen molar-refractivity contribution in [3.63, 3.8) is 0 Å². The molecule has 0 saturated heterocycles. The van der Waals surface area contributed by atoms with Crippen molar-refractivity contribution in [3.8, 4) is 23.3 Å². The van der Waals surface area contributed by atoms with Crippen molar-refractivity contribution in [1.82, 2.24) is 0 Å². The molecule has 120 valence electrons. The summed E-state index contributed by atoms with van der Waals surface area (Å²) in [5.41, 5.74) is 1.65. The molecule has 2 aromatic rings. The second-order valence-corrected chi connectivity index (χ2v) is 5.39. The highest BCUT2D eigenvalue weighted by Crippen LogP contribution is 2.34. The molecule has 0 spiro atoms. The van der Waals surface area contributed by atoms with Crippen LogP contribution in [0.2, 0.25) is 5.02 Å². The van der Waals surface area contributed by atoms with E-state index in [1.165, 1.54) is 0 Å². The predicted octanol–water partition coefficient (Wildman–Crippen LogP) is 4.22. The summed E-state index contributed by atoms with van der Waals surface area (Å²) in [5, 5.41) is 10.2. The molecule has 0 fully saturated rings. The van der Waals surface area contributed by atoms with E-state index in [1.807, 2.05) is 18.2 Å². The van der Waals surface area contributed by atoms with E-state index >= 15 is 0 Å². The molecule has 0 N–H and O–H groups in total. The van der Waals surface area contributed by atoms with Gasteiger partial charge in [0.2, 0.25) is 0 Å². The van der Waals surface area contributed by atoms with Gasteiger partial charge in [0, 0.05) is 10.6 Å². The lowest BCUT2D eigenvalue weighted by Gasteiger charge is -2.16. The molecule has 0 aliphatic carbocycles. The minimum absolute atomic E-state index is 0.412. The Morgan fingerprint density at radius 3 is 2.30 bits per heavy atom. The Bertz CT molecular complexity index is 725. The van der Waals surface area contributed by atoms with Crippen molar-refractivity contribution in [3.05, 3.63) is 52.5 Å². The molecule has 2 aromatic carbocycles. The van der Waals surface area contributed by atoms with Crippen LogP contribution in [0.15, 0.2) is 36.4 Å². The minimum atomic E-state index is -0.412. The third kappa shape index (κ3) is 3.88. The summed E-state index contributed by atoms with van der Waals surface area (Å²) in [5.74, 6) is 1.66. The molecule has 0 saturated carbocycles. The van der Waals surface area contributed by atoms with E-state index in [0.717, 1.165) is 16.9 Å². The largest absolute Gasteiger partial charge is 0.497 e. The maximum absolute atomic E-state index is 9.62. The van der Waals surface area contributed by atoms with Crippen molar-refractivity contribution in [2.24, 2.45) is 0 Å². The van der Waals surface area contributed by atoms with E-state index in [-0.39, 0.29) is 0 Å². The Labute approximate surface area is 141 Å². The SMILES string of the molecule is COc1ccc(OC)c(CC(C#N)c2cc(Cl)ccc2OC)c1. The van der Waals surface area contributed by atoms with Gasteiger partial charge in [-0.05, 0) is 48.4 Å². The van der Waals surface area contributed by atoms with Crippen LogP contribution < -0.4 is 14.2 Å². The summed E-state index contributed by atoms with van der Waals surface area (Å²) >= 11 is 6.07. The van der Waals surface area contributed by atoms with Gasteiger partial charge in [-0.25, -0.2) is 0 Å². The molecule has 2 rings (SSSR count). The van der Waals surface area contributed by atoms with Gasteiger partial charge in [-0.15, -0.1) is 0 Å². The Hall–Kier alpha value is -2.38. The van der Waals surface area contributed by atoms with Crippen molar-refractivity contribution >= 4 is 11.6 Å². The molecule has 1 atom stereocenters. The van der Waals surface area contributed by atoms with E-state index < -0.39 is 5.92 Å². The van der Waals surface area contributed by atoms with E-state index in [1.54, 1.807) is 39.5 Å². The highest BCUT2D eigenvalue weighted by atomic mass is 35.5. The van der Waals surface area contributed by atoms with E-state index in [4.69, 9.17) is 25.8 Å². The number of hydrogen-bond acceptors (Lipinski definition) is 4. The first kappa shape index (κ1) is 17.0. The maximum atomic E-state index is 9.62. The number of nitriles is 1. The Kier molecular flexibility index (Phi) is 5.72. The van der Waals surface area contributed by atoms with Gasteiger partial charge in [-0.2, -0.15) is 5.26 Å². The summed E-state index contributed by atoms with van der Waals surface area (Å²) < 4.78 is 16.0. The quantitative estimate of drug-likeness (QED) is 0.795. The molecule has 0 radical (unpaired) electrons. The van der Waals surface area contributed by atoms with Crippen molar-refractivity contribution in [2.45, 2.75) is 12.3 Å². The molecule has 4 nitrogen and oxygen atoms in total. The third-order valence-electron chi connectivity index (χ3n) is 3.63. The number of methoxy groups -OCH3 is 3. The standard InChI is InChI=1S/C18H18ClNO3/c1-21-15-5-7-17(22-2)12(9-15)8-13(11-20)16-10-14(19)4-6-18(16)23-3/h4-7,9-10,13H,8H2,1-3H3. The number of hydrogen-bond donors (Lipinski definition) is 0. The molecule has 0 aromatic heterocycles. The Morgan fingerprint density at radius 2 is 1.70 bits per heavy atom. The fourth-order valence-electron chi connectivity index (χ4n) is 2.46. The topological polar surface area (TPSA) is 51.5 Å². The van der Waals surface area contributed by atoms with Gasteiger partial charge in [-0.3, -0.25) is 0 Å². The van der Waals surface area contributed by atoms with Gasteiger partial charge in [-0.1, -0.05) is 11.6 Å². The normalized spacial score (nSPS) is 11.4. The smallest absolute Gasteiger partial charge is 0.123 e. The lowest BCUT2D eigenvalue weighted by molar-refractivity contribution is 0.396. The first-order chi connectivity index (χ1) is 11.1. The molecule has 0 amide bonds. The predicted molar refractivity (Wildman–Crippen MR) is 89.6 cm³/mol. The second kappa shape index (κ2) is 7.75. The van der Waals surface area contributed by atoms with E-state index in [0.29, 0.717) is 22.9 Å². The molecule has 5 heteroatoms. The summed E-state index contributed by atoms with van der Waals surface area (Å²) in [6.07, 6.45) is 0.466. The number of ether oxygens (including phenoxy) is 3. The van der Waals surface area contributed by atoms with E-state index in [9.17, 15) is 5.26 Å². The summed E-state index contributed by atoms with van der Waals surface area (Å²) in [7, 11) is 4.79. The monoisotopic (exact) mass is 331 g/mol. The number of nitrogens with zero attached hydrogens (tertiary/aromatic N) is 1. The van der Waals surface area contributed by atoms with Gasteiger partial charge in [0.1, 0.15) is 17.2 Å². The van der Waals surface area contributed by atoms with Gasteiger partial charge >= 0.3 is 0 Å². The van der Waals surface area contributed by atoms with Crippen LogP contribution in [0.3, 0.4) is 0 Å². The van der Waals surface area contributed by atoms with E-state index in [2.05, 4.69) is 6.07 Å². The zero-order valence-corrected chi connectivity index (χ0v) is 14.1. The van der Waals surface area contributed by atoms with Crippen LogP contribution in [0.4, 0.5) is 0 Å². The van der Waals surface area contributed by atoms with Crippen LogP contribution in [0.25, 0.3) is 0 Å². The lowest BCUT2D eigenvalue weighted by Crippen LogP contribution is -2.05. The molecule has 23 heavy (non-hydrogen) atoms. The molecule has 0 heterocycles. The van der Waals surface area contributed by atoms with Gasteiger partial charge < -0.3 is 14.2 Å². The Balaban J connectivity index is 2.41. The highest BCUT2D eigenvalue weighted by molar-refractivity contribution is 6.30. The zero-order chi connectivity index (χ0) is 16.8. The lowest BCUT2D eigenvalue weighted by atomic mass is 9.92. The maximum Gasteiger partial charge on any atom is 0.123 e. The van der Waals surface area contributed by atoms with Crippen LogP contribution in [0, 0.1) is 11.3 Å². The van der Waals surface area contributed by atoms with Crippen molar-refractivity contribution < 1.29 is 14.2 Å². The summed E-state index contributed by atoms with van der Waals surface area (Å²) in [4.78, 5) is 0. The molecular weight excluding hydrogens is 314 g/mol. The molecule has 0 bridgehead atoms. The number of halogens is 1. The minimum Gasteiger partial charge on any atom is -0.497 e. The molecule has 1 unspecified atom stereocenters. The second-order valence-electron chi connectivity index (χ2n) is 4.95. The van der Waals surface area contributed by atoms with Crippen LogP contribution >= 0.6 is 11.6 Å². The molecule has 0 aliphatic rings. The van der Waals surface area contributed by atoms with Gasteiger partial charge in [0.05, 0.1) is 33.3 Å². The van der Waals surface area contributed by atoms with Crippen LogP contribution in [0.5, 0.6) is 17.2 Å². The summed E-state index contributed by atoms with van der Waals surface area (Å²) in [6.45, 7) is 0. The number of rotatable bonds is 6. The fourth-order valence-corrected chi connectivity index (χ4v) is 2.64. The average Bonchev–Trinajstić information content (AvgIpc) is 2.59. The van der Waals surface area contributed by atoms with Crippen molar-refractivity contribution in [2.75, 3.05) is 21.3 Å². The fraction of sp³-hybridized carbons (Fsp3) is 0.278. The zero-order valence-electron chi connectivity index (χ0n) is 13.3. The van der Waals surface area contributed by atoms with Crippen LogP contribution in [-0.4, -0.2) is 21.3 Å². The molecular formula is C18H18ClNO3. The van der Waals surface area contributed by atoms with Crippen LogP contribution in [-0.2, 0) is 6.42 Å². The van der Waals surface area contributed by atoms with Gasteiger partial charge in [0.15, 0.2) is 0 Å². The number of benzene rings is 2. The van der Waals surface area contributed by atoms with Crippen molar-refractivity contribution in [1.29, 1.82) is 5.26 Å². The van der Waals surface area contributed by atoms with Gasteiger partial charge in [0.25, 0.3) is 0 Å². The third-order valence-corrected chi connectivity index (χ3v) is 3.87. The highest BCUT2D eigenvalue weighted by Gasteiger charge is 2.19. The first-order valence-corrected chi connectivity index (χ1v) is 7.44. The van der Waals surface area contributed by atoms with Crippen LogP contribution in [0.1, 0.15) is 17.0 Å².